The standard InChI is InChI=1S/C18H22N2O2S/c1-12-5-7-15(9-13(12)2)20-18(23)19-11-14-6-8-16(21-3)17(10-14)22-4/h5-10H,11H2,1-4H3,(H2,19,20,23). The van der Waals surface area contributed by atoms with Gasteiger partial charge in [0.05, 0.1) is 14.2 Å². The number of benzene rings is 2. The zero-order valence-electron chi connectivity index (χ0n) is 13.9. The molecule has 0 fully saturated rings. The van der Waals surface area contributed by atoms with Gasteiger partial charge in [-0.25, -0.2) is 0 Å². The van der Waals surface area contributed by atoms with Gasteiger partial charge in [-0.3, -0.25) is 0 Å². The van der Waals surface area contributed by atoms with Gasteiger partial charge in [-0.1, -0.05) is 12.1 Å². The molecule has 0 bridgehead atoms. The van der Waals surface area contributed by atoms with Crippen LogP contribution in [-0.4, -0.2) is 19.3 Å². The molecule has 0 saturated carbocycles. The van der Waals surface area contributed by atoms with Gasteiger partial charge in [0.15, 0.2) is 16.6 Å². The molecule has 0 amide bonds. The summed E-state index contributed by atoms with van der Waals surface area (Å²) in [6.45, 7) is 4.78. The number of nitrogens with one attached hydrogen (secondary N) is 2. The highest BCUT2D eigenvalue weighted by atomic mass is 32.1. The molecule has 0 atom stereocenters. The Kier molecular flexibility index (Phi) is 5.82. The number of hydrogen-bond donors (Lipinski definition) is 2. The maximum Gasteiger partial charge on any atom is 0.171 e. The van der Waals surface area contributed by atoms with Gasteiger partial charge < -0.3 is 20.1 Å². The number of anilines is 1. The summed E-state index contributed by atoms with van der Waals surface area (Å²) in [5, 5.41) is 6.98. The Morgan fingerprint density at radius 2 is 1.70 bits per heavy atom. The van der Waals surface area contributed by atoms with E-state index in [9.17, 15) is 0 Å². The molecular weight excluding hydrogens is 308 g/mol. The zero-order valence-corrected chi connectivity index (χ0v) is 14.7. The van der Waals surface area contributed by atoms with Crippen LogP contribution in [0.3, 0.4) is 0 Å². The highest BCUT2D eigenvalue weighted by Gasteiger charge is 2.05. The molecule has 2 rings (SSSR count). The first-order chi connectivity index (χ1) is 11.0. The Balaban J connectivity index is 1.95. The van der Waals surface area contributed by atoms with Crippen molar-refractivity contribution in [3.8, 4) is 11.5 Å². The van der Waals surface area contributed by atoms with E-state index in [0.717, 1.165) is 11.3 Å². The number of thiocarbonyl (C=S) groups is 1. The van der Waals surface area contributed by atoms with Crippen LogP contribution in [0.4, 0.5) is 5.69 Å². The summed E-state index contributed by atoms with van der Waals surface area (Å²) < 4.78 is 10.5. The summed E-state index contributed by atoms with van der Waals surface area (Å²) in [4.78, 5) is 0. The van der Waals surface area contributed by atoms with E-state index < -0.39 is 0 Å². The van der Waals surface area contributed by atoms with Crippen LogP contribution in [0.25, 0.3) is 0 Å². The fourth-order valence-electron chi connectivity index (χ4n) is 2.17. The Hall–Kier alpha value is -2.27. The van der Waals surface area contributed by atoms with E-state index in [0.29, 0.717) is 23.2 Å². The fraction of sp³-hybridized carbons (Fsp3) is 0.278. The average Bonchev–Trinajstić information content (AvgIpc) is 2.56. The minimum absolute atomic E-state index is 0.586. The molecule has 0 spiro atoms. The molecule has 2 aromatic rings. The molecule has 122 valence electrons. The molecule has 0 aromatic heterocycles. The smallest absolute Gasteiger partial charge is 0.171 e. The normalized spacial score (nSPS) is 10.1. The van der Waals surface area contributed by atoms with Crippen LogP contribution >= 0.6 is 12.2 Å². The van der Waals surface area contributed by atoms with Gasteiger partial charge >= 0.3 is 0 Å². The number of aryl methyl sites for hydroxylation is 2. The predicted octanol–water partition coefficient (Wildman–Crippen LogP) is 3.81. The molecule has 0 aliphatic carbocycles. The number of rotatable bonds is 5. The van der Waals surface area contributed by atoms with Gasteiger partial charge in [0.1, 0.15) is 0 Å². The van der Waals surface area contributed by atoms with Crippen LogP contribution in [0.15, 0.2) is 36.4 Å². The summed E-state index contributed by atoms with van der Waals surface area (Å²) in [6, 6.07) is 12.0. The van der Waals surface area contributed by atoms with E-state index in [1.807, 2.05) is 24.3 Å². The molecule has 0 saturated heterocycles. The molecule has 0 heterocycles. The molecule has 0 radical (unpaired) electrons. The number of hydrogen-bond acceptors (Lipinski definition) is 3. The summed E-state index contributed by atoms with van der Waals surface area (Å²) in [5.74, 6) is 1.42. The quantitative estimate of drug-likeness (QED) is 0.816. The van der Waals surface area contributed by atoms with E-state index >= 15 is 0 Å². The first kappa shape index (κ1) is 17.1. The largest absolute Gasteiger partial charge is 0.493 e. The molecule has 4 nitrogen and oxygen atoms in total. The molecule has 0 aliphatic rings. The number of ether oxygens (including phenoxy) is 2. The van der Waals surface area contributed by atoms with Crippen molar-refractivity contribution >= 4 is 23.0 Å². The van der Waals surface area contributed by atoms with E-state index in [1.165, 1.54) is 11.1 Å². The third kappa shape index (κ3) is 4.60. The lowest BCUT2D eigenvalue weighted by Gasteiger charge is -2.13. The van der Waals surface area contributed by atoms with Crippen molar-refractivity contribution in [3.63, 3.8) is 0 Å². The van der Waals surface area contributed by atoms with Gasteiger partial charge in [-0.2, -0.15) is 0 Å². The highest BCUT2D eigenvalue weighted by Crippen LogP contribution is 2.27. The monoisotopic (exact) mass is 330 g/mol. The minimum atomic E-state index is 0.586. The molecule has 5 heteroatoms. The van der Waals surface area contributed by atoms with Crippen molar-refractivity contribution in [1.82, 2.24) is 5.32 Å². The van der Waals surface area contributed by atoms with Crippen LogP contribution in [-0.2, 0) is 6.54 Å². The second-order valence-electron chi connectivity index (χ2n) is 5.30. The Labute approximate surface area is 142 Å². The van der Waals surface area contributed by atoms with Crippen molar-refractivity contribution < 1.29 is 9.47 Å². The first-order valence-electron chi connectivity index (χ1n) is 7.36. The van der Waals surface area contributed by atoms with Crippen LogP contribution in [0.5, 0.6) is 11.5 Å². The molecule has 2 N–H and O–H groups in total. The van der Waals surface area contributed by atoms with Crippen LogP contribution in [0.1, 0.15) is 16.7 Å². The first-order valence-corrected chi connectivity index (χ1v) is 7.77. The van der Waals surface area contributed by atoms with Crippen LogP contribution < -0.4 is 20.1 Å². The molecule has 0 aliphatic heterocycles. The number of methoxy groups -OCH3 is 2. The van der Waals surface area contributed by atoms with Crippen LogP contribution in [0.2, 0.25) is 0 Å². The summed E-state index contributed by atoms with van der Waals surface area (Å²) >= 11 is 5.34. The SMILES string of the molecule is COc1ccc(CNC(=S)Nc2ccc(C)c(C)c2)cc1OC. The molecule has 23 heavy (non-hydrogen) atoms. The second kappa shape index (κ2) is 7.83. The lowest BCUT2D eigenvalue weighted by molar-refractivity contribution is 0.354. The van der Waals surface area contributed by atoms with E-state index in [2.05, 4.69) is 36.6 Å². The van der Waals surface area contributed by atoms with E-state index in [1.54, 1.807) is 14.2 Å². The molecular formula is C18H22N2O2S. The van der Waals surface area contributed by atoms with Gasteiger partial charge in [0.25, 0.3) is 0 Å². The highest BCUT2D eigenvalue weighted by molar-refractivity contribution is 7.80. The van der Waals surface area contributed by atoms with Gasteiger partial charge in [-0.05, 0) is 67.0 Å². The summed E-state index contributed by atoms with van der Waals surface area (Å²) in [7, 11) is 3.25. The topological polar surface area (TPSA) is 42.5 Å². The molecule has 2 aromatic carbocycles. The predicted molar refractivity (Wildman–Crippen MR) is 98.5 cm³/mol. The fourth-order valence-corrected chi connectivity index (χ4v) is 2.36. The van der Waals surface area contributed by atoms with Gasteiger partial charge in [-0.15, -0.1) is 0 Å². The van der Waals surface area contributed by atoms with Crippen molar-refractivity contribution in [2.45, 2.75) is 20.4 Å². The maximum absolute atomic E-state index is 5.34. The van der Waals surface area contributed by atoms with Crippen molar-refractivity contribution in [2.75, 3.05) is 19.5 Å². The van der Waals surface area contributed by atoms with Crippen molar-refractivity contribution in [2.24, 2.45) is 0 Å². The third-order valence-electron chi connectivity index (χ3n) is 3.67. The molecule has 0 unspecified atom stereocenters. The minimum Gasteiger partial charge on any atom is -0.493 e. The maximum atomic E-state index is 5.34. The zero-order chi connectivity index (χ0) is 16.8. The Bertz CT molecular complexity index is 701. The van der Waals surface area contributed by atoms with E-state index in [4.69, 9.17) is 21.7 Å². The third-order valence-corrected chi connectivity index (χ3v) is 3.91. The van der Waals surface area contributed by atoms with Gasteiger partial charge in [0.2, 0.25) is 0 Å². The average molecular weight is 330 g/mol. The van der Waals surface area contributed by atoms with Crippen LogP contribution in [0, 0.1) is 13.8 Å². The second-order valence-corrected chi connectivity index (χ2v) is 5.70. The summed E-state index contributed by atoms with van der Waals surface area (Å²) in [5.41, 5.74) is 4.54. The summed E-state index contributed by atoms with van der Waals surface area (Å²) in [6.07, 6.45) is 0. The Morgan fingerprint density at radius 3 is 2.35 bits per heavy atom. The van der Waals surface area contributed by atoms with Crippen molar-refractivity contribution in [3.05, 3.63) is 53.1 Å². The van der Waals surface area contributed by atoms with Crippen molar-refractivity contribution in [1.29, 1.82) is 0 Å². The van der Waals surface area contributed by atoms with E-state index in [-0.39, 0.29) is 0 Å². The Morgan fingerprint density at radius 1 is 0.957 bits per heavy atom. The van der Waals surface area contributed by atoms with Gasteiger partial charge in [0, 0.05) is 12.2 Å². The lowest BCUT2D eigenvalue weighted by Crippen LogP contribution is -2.27. The lowest BCUT2D eigenvalue weighted by atomic mass is 10.1.